The molecule has 17 heavy (non-hydrogen) atoms. The molecule has 1 rings (SSSR count). The van der Waals surface area contributed by atoms with Crippen LogP contribution in [0.2, 0.25) is 5.02 Å². The third-order valence-corrected chi connectivity index (χ3v) is 2.46. The van der Waals surface area contributed by atoms with Crippen molar-refractivity contribution in [1.82, 2.24) is 10.6 Å². The molecule has 2 N–H and O–H groups in total. The number of urea groups is 1. The molecule has 1 aromatic carbocycles. The van der Waals surface area contributed by atoms with Crippen molar-refractivity contribution in [2.75, 3.05) is 13.1 Å². The molecule has 0 atom stereocenters. The third-order valence-electron chi connectivity index (χ3n) is 2.22. The Kier molecular flexibility index (Phi) is 5.77. The maximum absolute atomic E-state index is 13.3. The van der Waals surface area contributed by atoms with Crippen LogP contribution in [0.3, 0.4) is 0 Å². The van der Waals surface area contributed by atoms with Gasteiger partial charge in [0.2, 0.25) is 0 Å². The number of rotatable bonds is 5. The van der Waals surface area contributed by atoms with E-state index >= 15 is 0 Å². The monoisotopic (exact) mass is 258 g/mol. The molecule has 3 nitrogen and oxygen atoms in total. The molecule has 0 aliphatic carbocycles. The first-order valence-corrected chi connectivity index (χ1v) is 5.97. The lowest BCUT2D eigenvalue weighted by molar-refractivity contribution is 0.241. The summed E-state index contributed by atoms with van der Waals surface area (Å²) in [5, 5.41) is 5.82. The van der Waals surface area contributed by atoms with Gasteiger partial charge >= 0.3 is 6.03 Å². The SMILES string of the molecule is CCCNC(=O)NCCc1cc(Cl)ccc1F. The maximum atomic E-state index is 13.3. The fourth-order valence-electron chi connectivity index (χ4n) is 1.35. The molecular formula is C12H16ClFN2O. The van der Waals surface area contributed by atoms with Crippen LogP contribution in [-0.4, -0.2) is 19.1 Å². The minimum atomic E-state index is -0.301. The van der Waals surface area contributed by atoms with E-state index in [1.54, 1.807) is 6.07 Å². The van der Waals surface area contributed by atoms with E-state index in [0.29, 0.717) is 30.1 Å². The molecule has 0 unspecified atom stereocenters. The molecular weight excluding hydrogens is 243 g/mol. The lowest BCUT2D eigenvalue weighted by Gasteiger charge is -2.07. The van der Waals surface area contributed by atoms with Crippen molar-refractivity contribution >= 4 is 17.6 Å². The highest BCUT2D eigenvalue weighted by Gasteiger charge is 2.04. The highest BCUT2D eigenvalue weighted by atomic mass is 35.5. The van der Waals surface area contributed by atoms with Crippen molar-refractivity contribution in [1.29, 1.82) is 0 Å². The quantitative estimate of drug-likeness (QED) is 0.838. The Balaban J connectivity index is 2.35. The molecule has 0 aliphatic heterocycles. The van der Waals surface area contributed by atoms with Crippen molar-refractivity contribution in [3.63, 3.8) is 0 Å². The average Bonchev–Trinajstić information content (AvgIpc) is 2.31. The van der Waals surface area contributed by atoms with Crippen LogP contribution >= 0.6 is 11.6 Å². The van der Waals surface area contributed by atoms with E-state index < -0.39 is 0 Å². The first-order chi connectivity index (χ1) is 8.13. The fourth-order valence-corrected chi connectivity index (χ4v) is 1.54. The number of amides is 2. The van der Waals surface area contributed by atoms with Gasteiger partial charge in [-0.05, 0) is 36.6 Å². The Labute approximate surface area is 105 Å². The van der Waals surface area contributed by atoms with Gasteiger partial charge in [0.25, 0.3) is 0 Å². The van der Waals surface area contributed by atoms with E-state index in [4.69, 9.17) is 11.6 Å². The van der Waals surface area contributed by atoms with Gasteiger partial charge in [-0.3, -0.25) is 0 Å². The topological polar surface area (TPSA) is 41.1 Å². The van der Waals surface area contributed by atoms with Crippen molar-refractivity contribution in [3.05, 3.63) is 34.6 Å². The van der Waals surface area contributed by atoms with Gasteiger partial charge in [0.15, 0.2) is 0 Å². The number of carbonyl (C=O) groups excluding carboxylic acids is 1. The van der Waals surface area contributed by atoms with Crippen LogP contribution in [0, 0.1) is 5.82 Å². The maximum Gasteiger partial charge on any atom is 0.314 e. The van der Waals surface area contributed by atoms with Gasteiger partial charge in [-0.1, -0.05) is 18.5 Å². The summed E-state index contributed by atoms with van der Waals surface area (Å²) < 4.78 is 13.3. The summed E-state index contributed by atoms with van der Waals surface area (Å²) in [6.45, 7) is 2.99. The molecule has 5 heteroatoms. The Morgan fingerprint density at radius 1 is 1.35 bits per heavy atom. The number of hydrogen-bond acceptors (Lipinski definition) is 1. The smallest absolute Gasteiger partial charge is 0.314 e. The van der Waals surface area contributed by atoms with Crippen LogP contribution in [0.1, 0.15) is 18.9 Å². The number of benzene rings is 1. The Morgan fingerprint density at radius 2 is 2.06 bits per heavy atom. The predicted molar refractivity (Wildman–Crippen MR) is 66.8 cm³/mol. The fraction of sp³-hybridized carbons (Fsp3) is 0.417. The van der Waals surface area contributed by atoms with Gasteiger partial charge in [0.1, 0.15) is 5.82 Å². The largest absolute Gasteiger partial charge is 0.338 e. The molecule has 0 heterocycles. The molecule has 0 saturated carbocycles. The first kappa shape index (κ1) is 13.8. The van der Waals surface area contributed by atoms with Crippen LogP contribution in [0.4, 0.5) is 9.18 Å². The lowest BCUT2D eigenvalue weighted by Crippen LogP contribution is -2.36. The van der Waals surface area contributed by atoms with E-state index in [2.05, 4.69) is 10.6 Å². The minimum absolute atomic E-state index is 0.228. The van der Waals surface area contributed by atoms with Crippen LogP contribution < -0.4 is 10.6 Å². The van der Waals surface area contributed by atoms with Gasteiger partial charge in [0.05, 0.1) is 0 Å². The molecule has 0 spiro atoms. The second kappa shape index (κ2) is 7.12. The molecule has 0 saturated heterocycles. The Hall–Kier alpha value is -1.29. The van der Waals surface area contributed by atoms with Crippen molar-refractivity contribution < 1.29 is 9.18 Å². The Morgan fingerprint density at radius 3 is 2.76 bits per heavy atom. The van der Waals surface area contributed by atoms with Crippen molar-refractivity contribution in [2.45, 2.75) is 19.8 Å². The summed E-state index contributed by atoms with van der Waals surface area (Å²) in [4.78, 5) is 11.2. The van der Waals surface area contributed by atoms with Crippen molar-refractivity contribution in [2.24, 2.45) is 0 Å². The van der Waals surface area contributed by atoms with Crippen LogP contribution in [0.25, 0.3) is 0 Å². The normalized spacial score (nSPS) is 10.1. The van der Waals surface area contributed by atoms with Crippen LogP contribution in [0.5, 0.6) is 0 Å². The van der Waals surface area contributed by atoms with Crippen LogP contribution in [0.15, 0.2) is 18.2 Å². The van der Waals surface area contributed by atoms with E-state index in [0.717, 1.165) is 6.42 Å². The molecule has 0 fully saturated rings. The van der Waals surface area contributed by atoms with Gasteiger partial charge in [-0.15, -0.1) is 0 Å². The standard InChI is InChI=1S/C12H16ClFN2O/c1-2-6-15-12(17)16-7-5-9-8-10(13)3-4-11(9)14/h3-4,8H,2,5-7H2,1H3,(H2,15,16,17). The number of carbonyl (C=O) groups is 1. The Bertz CT molecular complexity index is 385. The zero-order valence-electron chi connectivity index (χ0n) is 9.72. The third kappa shape index (κ3) is 5.04. The summed E-state index contributed by atoms with van der Waals surface area (Å²) in [7, 11) is 0. The summed E-state index contributed by atoms with van der Waals surface area (Å²) in [5.41, 5.74) is 0.508. The second-order valence-corrected chi connectivity index (χ2v) is 4.10. The highest BCUT2D eigenvalue weighted by Crippen LogP contribution is 2.14. The molecule has 2 amide bonds. The minimum Gasteiger partial charge on any atom is -0.338 e. The van der Waals surface area contributed by atoms with Gasteiger partial charge in [-0.25, -0.2) is 9.18 Å². The second-order valence-electron chi connectivity index (χ2n) is 3.67. The first-order valence-electron chi connectivity index (χ1n) is 5.59. The average molecular weight is 259 g/mol. The molecule has 0 radical (unpaired) electrons. The molecule has 94 valence electrons. The molecule has 1 aromatic rings. The lowest BCUT2D eigenvalue weighted by atomic mass is 10.1. The van der Waals surface area contributed by atoms with E-state index in [-0.39, 0.29) is 11.8 Å². The number of halogens is 2. The molecule has 0 bridgehead atoms. The zero-order valence-corrected chi connectivity index (χ0v) is 10.5. The number of nitrogens with one attached hydrogen (secondary N) is 2. The number of hydrogen-bond donors (Lipinski definition) is 2. The zero-order chi connectivity index (χ0) is 12.7. The van der Waals surface area contributed by atoms with Crippen molar-refractivity contribution in [3.8, 4) is 0 Å². The van der Waals surface area contributed by atoms with E-state index in [9.17, 15) is 9.18 Å². The summed E-state index contributed by atoms with van der Waals surface area (Å²) in [6, 6.07) is 4.17. The van der Waals surface area contributed by atoms with Gasteiger partial charge in [0, 0.05) is 18.1 Å². The summed E-state index contributed by atoms with van der Waals surface area (Å²) >= 11 is 5.76. The molecule has 0 aromatic heterocycles. The molecule has 0 aliphatic rings. The summed E-state index contributed by atoms with van der Waals surface area (Å²) in [6.07, 6.45) is 1.31. The summed E-state index contributed by atoms with van der Waals surface area (Å²) in [5.74, 6) is -0.301. The predicted octanol–water partition coefficient (Wildman–Crippen LogP) is 2.73. The van der Waals surface area contributed by atoms with E-state index in [1.165, 1.54) is 12.1 Å². The van der Waals surface area contributed by atoms with Gasteiger partial charge in [-0.2, -0.15) is 0 Å². The van der Waals surface area contributed by atoms with Crippen LogP contribution in [-0.2, 0) is 6.42 Å². The van der Waals surface area contributed by atoms with Gasteiger partial charge < -0.3 is 10.6 Å². The van der Waals surface area contributed by atoms with E-state index in [1.807, 2.05) is 6.92 Å². The highest BCUT2D eigenvalue weighted by molar-refractivity contribution is 6.30.